The van der Waals surface area contributed by atoms with Crippen molar-refractivity contribution in [1.82, 2.24) is 19.8 Å². The number of anilines is 2. The molecule has 10 heteroatoms. The molecule has 0 atom stereocenters. The molecule has 0 fully saturated rings. The van der Waals surface area contributed by atoms with Crippen LogP contribution >= 0.6 is 21.6 Å². The summed E-state index contributed by atoms with van der Waals surface area (Å²) >= 11 is 0. The first-order valence-electron chi connectivity index (χ1n) is 13.2. The van der Waals surface area contributed by atoms with Crippen LogP contribution in [-0.2, 0) is 9.59 Å². The SMILES string of the molecule is CCN(C(=O)CN(C)C)c1ccc(SSc2ccc(N(CC)C(=O)CN(C)C)c3cccnc23)c2ncccc12. The number of aromatic nitrogens is 2. The number of pyridine rings is 2. The van der Waals surface area contributed by atoms with Crippen LogP contribution in [0.4, 0.5) is 11.4 Å². The molecule has 4 aromatic rings. The Kier molecular flexibility index (Phi) is 10.0. The van der Waals surface area contributed by atoms with Gasteiger partial charge < -0.3 is 19.6 Å². The maximum atomic E-state index is 13.0. The molecule has 0 radical (unpaired) electrons. The van der Waals surface area contributed by atoms with Crippen LogP contribution in [0.3, 0.4) is 0 Å². The zero-order chi connectivity index (χ0) is 28.8. The number of fused-ring (bicyclic) bond motifs is 2. The number of rotatable bonds is 11. The maximum absolute atomic E-state index is 13.0. The summed E-state index contributed by atoms with van der Waals surface area (Å²) in [5.41, 5.74) is 3.44. The molecule has 40 heavy (non-hydrogen) atoms. The number of hydrogen-bond acceptors (Lipinski definition) is 8. The molecule has 0 unspecified atom stereocenters. The van der Waals surface area contributed by atoms with Gasteiger partial charge in [-0.3, -0.25) is 19.6 Å². The van der Waals surface area contributed by atoms with E-state index in [9.17, 15) is 9.59 Å². The highest BCUT2D eigenvalue weighted by atomic mass is 33.1. The van der Waals surface area contributed by atoms with E-state index in [1.807, 2.05) is 110 Å². The summed E-state index contributed by atoms with van der Waals surface area (Å²) in [5, 5.41) is 1.89. The van der Waals surface area contributed by atoms with Crippen molar-refractivity contribution in [1.29, 1.82) is 0 Å². The third-order valence-electron chi connectivity index (χ3n) is 6.36. The van der Waals surface area contributed by atoms with Crippen LogP contribution in [0.2, 0.25) is 0 Å². The molecule has 2 amide bonds. The van der Waals surface area contributed by atoms with E-state index in [1.165, 1.54) is 0 Å². The lowest BCUT2D eigenvalue weighted by Crippen LogP contribution is -2.37. The summed E-state index contributed by atoms with van der Waals surface area (Å²) in [6.07, 6.45) is 3.57. The monoisotopic (exact) mass is 576 g/mol. The van der Waals surface area contributed by atoms with Gasteiger partial charge in [0.25, 0.3) is 0 Å². The molecule has 8 nitrogen and oxygen atoms in total. The minimum atomic E-state index is 0.0512. The van der Waals surface area contributed by atoms with Gasteiger partial charge in [0.1, 0.15) is 0 Å². The highest BCUT2D eigenvalue weighted by Gasteiger charge is 2.21. The molecular formula is C30H36N6O2S2. The molecular weight excluding hydrogens is 541 g/mol. The lowest BCUT2D eigenvalue weighted by Gasteiger charge is -2.25. The summed E-state index contributed by atoms with van der Waals surface area (Å²) in [6, 6.07) is 16.0. The van der Waals surface area contributed by atoms with Crippen molar-refractivity contribution in [3.8, 4) is 0 Å². The van der Waals surface area contributed by atoms with E-state index in [2.05, 4.69) is 0 Å². The Balaban J connectivity index is 1.66. The Hall–Kier alpha value is -3.18. The van der Waals surface area contributed by atoms with Crippen molar-refractivity contribution in [2.45, 2.75) is 23.6 Å². The molecule has 210 valence electrons. The van der Waals surface area contributed by atoms with E-state index in [4.69, 9.17) is 9.97 Å². The average Bonchev–Trinajstić information content (AvgIpc) is 2.93. The first kappa shape index (κ1) is 29.8. The van der Waals surface area contributed by atoms with Crippen molar-refractivity contribution in [3.05, 3.63) is 60.9 Å². The zero-order valence-corrected chi connectivity index (χ0v) is 25.6. The molecule has 0 saturated heterocycles. The third kappa shape index (κ3) is 6.58. The number of hydrogen-bond donors (Lipinski definition) is 0. The first-order valence-corrected chi connectivity index (χ1v) is 15.4. The molecule has 0 N–H and O–H groups in total. The van der Waals surface area contributed by atoms with Gasteiger partial charge in [-0.2, -0.15) is 0 Å². The van der Waals surface area contributed by atoms with E-state index in [-0.39, 0.29) is 11.8 Å². The molecule has 0 aliphatic rings. The van der Waals surface area contributed by atoms with Crippen molar-refractivity contribution >= 4 is 66.6 Å². The summed E-state index contributed by atoms with van der Waals surface area (Å²) in [6.45, 7) is 5.82. The summed E-state index contributed by atoms with van der Waals surface area (Å²) < 4.78 is 0. The molecule has 0 bridgehead atoms. The van der Waals surface area contributed by atoms with Gasteiger partial charge in [-0.15, -0.1) is 0 Å². The molecule has 0 spiro atoms. The predicted octanol–water partition coefficient (Wildman–Crippen LogP) is 5.41. The van der Waals surface area contributed by atoms with Crippen LogP contribution in [-0.4, -0.2) is 86.0 Å². The van der Waals surface area contributed by atoms with Crippen molar-refractivity contribution in [3.63, 3.8) is 0 Å². The number of carbonyl (C=O) groups is 2. The van der Waals surface area contributed by atoms with E-state index >= 15 is 0 Å². The zero-order valence-electron chi connectivity index (χ0n) is 23.9. The highest BCUT2D eigenvalue weighted by molar-refractivity contribution is 8.76. The Morgan fingerprint density at radius 2 is 1.05 bits per heavy atom. The van der Waals surface area contributed by atoms with E-state index in [0.717, 1.165) is 43.0 Å². The van der Waals surface area contributed by atoms with Gasteiger partial charge in [-0.1, -0.05) is 21.6 Å². The minimum absolute atomic E-state index is 0.0512. The average molecular weight is 577 g/mol. The van der Waals surface area contributed by atoms with Crippen molar-refractivity contribution < 1.29 is 9.59 Å². The molecule has 4 rings (SSSR count). The van der Waals surface area contributed by atoms with Crippen molar-refractivity contribution in [2.75, 3.05) is 64.2 Å². The molecule has 0 aliphatic heterocycles. The second-order valence-electron chi connectivity index (χ2n) is 9.88. The standard InChI is InChI=1S/C30H36N6O2S2/c1-7-35(27(37)19-33(3)4)23-13-15-25(29-21(23)11-9-17-31-29)39-40-26-16-14-24(22-12-10-18-32-30(22)26)36(8-2)28(38)20-34(5)6/h9-18H,7-8,19-20H2,1-6H3. The minimum Gasteiger partial charge on any atom is -0.311 e. The fourth-order valence-corrected chi connectivity index (χ4v) is 6.89. The highest BCUT2D eigenvalue weighted by Crippen LogP contribution is 2.45. The third-order valence-corrected chi connectivity index (χ3v) is 8.79. The van der Waals surface area contributed by atoms with E-state index in [1.54, 1.807) is 34.0 Å². The van der Waals surface area contributed by atoms with Crippen LogP contribution in [0, 0.1) is 0 Å². The van der Waals surface area contributed by atoms with Crippen LogP contribution < -0.4 is 9.80 Å². The molecule has 2 aromatic heterocycles. The lowest BCUT2D eigenvalue weighted by molar-refractivity contribution is -0.120. The smallest absolute Gasteiger partial charge is 0.241 e. The largest absolute Gasteiger partial charge is 0.311 e. The lowest BCUT2D eigenvalue weighted by atomic mass is 10.1. The number of nitrogens with zero attached hydrogens (tertiary/aromatic N) is 6. The molecule has 0 saturated carbocycles. The van der Waals surface area contributed by atoms with Gasteiger partial charge in [0.2, 0.25) is 11.8 Å². The van der Waals surface area contributed by atoms with Crippen molar-refractivity contribution in [2.24, 2.45) is 0 Å². The molecule has 2 aromatic carbocycles. The topological polar surface area (TPSA) is 72.9 Å². The Bertz CT molecular complexity index is 1400. The molecule has 2 heterocycles. The first-order chi connectivity index (χ1) is 19.2. The fraction of sp³-hybridized carbons (Fsp3) is 0.333. The summed E-state index contributed by atoms with van der Waals surface area (Å²) in [5.74, 6) is 0.102. The van der Waals surface area contributed by atoms with Gasteiger partial charge in [-0.25, -0.2) is 0 Å². The van der Waals surface area contributed by atoms with Crippen LogP contribution in [0.5, 0.6) is 0 Å². The number of benzene rings is 2. The van der Waals surface area contributed by atoms with Gasteiger partial charge in [-0.05, 0) is 90.6 Å². The summed E-state index contributed by atoms with van der Waals surface area (Å²) in [4.78, 5) is 44.7. The van der Waals surface area contributed by atoms with Gasteiger partial charge in [0.05, 0.1) is 35.5 Å². The van der Waals surface area contributed by atoms with E-state index < -0.39 is 0 Å². The number of carbonyl (C=O) groups excluding carboxylic acids is 2. The normalized spacial score (nSPS) is 11.5. The second kappa shape index (κ2) is 13.5. The van der Waals surface area contributed by atoms with Gasteiger partial charge in [0.15, 0.2) is 0 Å². The van der Waals surface area contributed by atoms with E-state index in [0.29, 0.717) is 26.2 Å². The molecule has 0 aliphatic carbocycles. The van der Waals surface area contributed by atoms with Gasteiger partial charge in [0, 0.05) is 46.0 Å². The number of likely N-dealkylation sites (N-methyl/N-ethyl adjacent to an activating group) is 4. The number of amides is 2. The fourth-order valence-electron chi connectivity index (χ4n) is 4.63. The Labute approximate surface area is 244 Å². The van der Waals surface area contributed by atoms with Gasteiger partial charge >= 0.3 is 0 Å². The maximum Gasteiger partial charge on any atom is 0.241 e. The van der Waals surface area contributed by atoms with Crippen LogP contribution in [0.15, 0.2) is 70.7 Å². The Morgan fingerprint density at radius 1 is 0.650 bits per heavy atom. The quantitative estimate of drug-likeness (QED) is 0.220. The summed E-state index contributed by atoms with van der Waals surface area (Å²) in [7, 11) is 10.8. The Morgan fingerprint density at radius 3 is 1.40 bits per heavy atom. The second-order valence-corrected chi connectivity index (χ2v) is 12.1. The van der Waals surface area contributed by atoms with Crippen LogP contribution in [0.1, 0.15) is 13.8 Å². The van der Waals surface area contributed by atoms with Crippen LogP contribution in [0.25, 0.3) is 21.8 Å². The predicted molar refractivity (Wildman–Crippen MR) is 168 cm³/mol.